The Labute approximate surface area is 173 Å². The van der Waals surface area contributed by atoms with E-state index in [1.165, 1.54) is 0 Å². The van der Waals surface area contributed by atoms with E-state index in [4.69, 9.17) is 14.0 Å². The van der Waals surface area contributed by atoms with Crippen molar-refractivity contribution in [2.45, 2.75) is 40.2 Å². The fourth-order valence-electron chi connectivity index (χ4n) is 3.27. The van der Waals surface area contributed by atoms with Crippen molar-refractivity contribution in [3.63, 3.8) is 0 Å². The summed E-state index contributed by atoms with van der Waals surface area (Å²) in [5.41, 5.74) is 1.03. The van der Waals surface area contributed by atoms with Gasteiger partial charge in [-0.05, 0) is 38.4 Å². The normalized spacial score (nSPS) is 19.8. The molecule has 2 aliphatic heterocycles. The van der Waals surface area contributed by atoms with Crippen molar-refractivity contribution in [2.24, 2.45) is 5.41 Å². The van der Waals surface area contributed by atoms with Crippen LogP contribution in [0.2, 0.25) is 0 Å². The van der Waals surface area contributed by atoms with Crippen LogP contribution in [0.15, 0.2) is 24.3 Å². The fourth-order valence-corrected chi connectivity index (χ4v) is 3.27. The number of amides is 2. The van der Waals surface area contributed by atoms with E-state index in [2.05, 4.69) is 13.8 Å². The van der Waals surface area contributed by atoms with Crippen LogP contribution >= 0.6 is 0 Å². The Morgan fingerprint density at radius 2 is 1.48 bits per heavy atom. The van der Waals surface area contributed by atoms with Crippen molar-refractivity contribution in [3.8, 4) is 0 Å². The first-order valence-electron chi connectivity index (χ1n) is 10.1. The Hall–Kier alpha value is -2.06. The summed E-state index contributed by atoms with van der Waals surface area (Å²) >= 11 is 0. The van der Waals surface area contributed by atoms with Gasteiger partial charge in [0, 0.05) is 50.4 Å². The molecule has 0 unspecified atom stereocenters. The number of hydrogen-bond donors (Lipinski definition) is 0. The predicted octanol–water partition coefficient (Wildman–Crippen LogP) is 2.15. The van der Waals surface area contributed by atoms with E-state index in [-0.39, 0.29) is 24.5 Å². The number of benzene rings is 1. The highest BCUT2D eigenvalue weighted by Gasteiger charge is 2.33. The molecule has 0 radical (unpaired) electrons. The highest BCUT2D eigenvalue weighted by atomic mass is 16.6. The largest absolute Gasteiger partial charge is 0.493 e. The van der Waals surface area contributed by atoms with Gasteiger partial charge in [0.2, 0.25) is 0 Å². The zero-order chi connectivity index (χ0) is 21.2. The van der Waals surface area contributed by atoms with Crippen molar-refractivity contribution in [3.05, 3.63) is 29.8 Å². The second kappa shape index (κ2) is 8.36. The first-order chi connectivity index (χ1) is 13.5. The van der Waals surface area contributed by atoms with Gasteiger partial charge in [-0.2, -0.15) is 0 Å². The second-order valence-electron chi connectivity index (χ2n) is 9.50. The summed E-state index contributed by atoms with van der Waals surface area (Å²) in [5, 5.41) is 0. The quantitative estimate of drug-likeness (QED) is 0.710. The lowest BCUT2D eigenvalue weighted by Crippen LogP contribution is -2.51. The van der Waals surface area contributed by atoms with Gasteiger partial charge in [0.05, 0.1) is 0 Å². The molecular weight excluding hydrogens is 371 g/mol. The third kappa shape index (κ3) is 5.73. The summed E-state index contributed by atoms with van der Waals surface area (Å²) in [6, 6.07) is 7.38. The Morgan fingerprint density at radius 1 is 0.966 bits per heavy atom. The standard InChI is InChI=1S/C21H31BN2O5/c1-20(2,3)29-19(26)24-12-10-23(11-13-24)18(25)16-6-8-17(9-7-16)22-27-14-21(4,5)15-28-22/h6-9H,10-15H2,1-5H3. The zero-order valence-corrected chi connectivity index (χ0v) is 18.1. The minimum atomic E-state index is -0.521. The lowest BCUT2D eigenvalue weighted by molar-refractivity contribution is 0.0141. The van der Waals surface area contributed by atoms with Gasteiger partial charge in [-0.1, -0.05) is 26.0 Å². The highest BCUT2D eigenvalue weighted by Crippen LogP contribution is 2.21. The molecule has 1 aromatic carbocycles. The molecule has 2 amide bonds. The SMILES string of the molecule is CC1(C)COB(c2ccc(C(=O)N3CCN(C(=O)OC(C)(C)C)CC3)cc2)OC1. The smallest absolute Gasteiger partial charge is 0.444 e. The first-order valence-corrected chi connectivity index (χ1v) is 10.1. The molecule has 0 N–H and O–H groups in total. The van der Waals surface area contributed by atoms with Crippen molar-refractivity contribution in [1.82, 2.24) is 9.80 Å². The Kier molecular flexibility index (Phi) is 6.24. The van der Waals surface area contributed by atoms with Gasteiger partial charge in [-0.3, -0.25) is 4.79 Å². The van der Waals surface area contributed by atoms with Crippen molar-refractivity contribution < 1.29 is 23.6 Å². The monoisotopic (exact) mass is 402 g/mol. The summed E-state index contributed by atoms with van der Waals surface area (Å²) in [4.78, 5) is 28.4. The molecule has 0 aromatic heterocycles. The van der Waals surface area contributed by atoms with Crippen LogP contribution in [0.3, 0.4) is 0 Å². The maximum absolute atomic E-state index is 12.8. The average molecular weight is 402 g/mol. The number of nitrogens with zero attached hydrogens (tertiary/aromatic N) is 2. The molecule has 0 aliphatic carbocycles. The van der Waals surface area contributed by atoms with Crippen LogP contribution in [-0.2, 0) is 14.0 Å². The van der Waals surface area contributed by atoms with Gasteiger partial charge in [0.15, 0.2) is 0 Å². The van der Waals surface area contributed by atoms with Crippen LogP contribution in [0.4, 0.5) is 4.79 Å². The molecule has 0 spiro atoms. The summed E-state index contributed by atoms with van der Waals surface area (Å²) < 4.78 is 17.0. The predicted molar refractivity (Wildman–Crippen MR) is 111 cm³/mol. The van der Waals surface area contributed by atoms with E-state index in [9.17, 15) is 9.59 Å². The molecule has 2 aliphatic rings. The van der Waals surface area contributed by atoms with Gasteiger partial charge in [-0.15, -0.1) is 0 Å². The van der Waals surface area contributed by atoms with Gasteiger partial charge >= 0.3 is 13.2 Å². The number of piperazine rings is 1. The summed E-state index contributed by atoms with van der Waals surface area (Å²) in [6.07, 6.45) is -0.329. The summed E-state index contributed by atoms with van der Waals surface area (Å²) in [6.45, 7) is 12.9. The molecule has 158 valence electrons. The maximum Gasteiger partial charge on any atom is 0.493 e. The second-order valence-corrected chi connectivity index (χ2v) is 9.50. The third-order valence-electron chi connectivity index (χ3n) is 4.90. The molecule has 0 bridgehead atoms. The Morgan fingerprint density at radius 3 is 2.00 bits per heavy atom. The van der Waals surface area contributed by atoms with Crippen molar-refractivity contribution >= 4 is 24.6 Å². The van der Waals surface area contributed by atoms with Crippen LogP contribution in [0.1, 0.15) is 45.0 Å². The Balaban J connectivity index is 1.53. The van der Waals surface area contributed by atoms with E-state index >= 15 is 0 Å². The Bertz CT molecular complexity index is 726. The molecule has 2 fully saturated rings. The van der Waals surface area contributed by atoms with Crippen LogP contribution in [0.25, 0.3) is 0 Å². The van der Waals surface area contributed by atoms with Crippen molar-refractivity contribution in [2.75, 3.05) is 39.4 Å². The van der Waals surface area contributed by atoms with Gasteiger partial charge in [-0.25, -0.2) is 4.79 Å². The third-order valence-corrected chi connectivity index (χ3v) is 4.90. The lowest BCUT2D eigenvalue weighted by atomic mass is 9.75. The number of carbonyl (C=O) groups is 2. The van der Waals surface area contributed by atoms with E-state index in [1.54, 1.807) is 9.80 Å². The van der Waals surface area contributed by atoms with Gasteiger partial charge in [0.25, 0.3) is 5.91 Å². The molecule has 0 saturated carbocycles. The summed E-state index contributed by atoms with van der Waals surface area (Å²) in [7, 11) is -0.385. The molecule has 1 aromatic rings. The van der Waals surface area contributed by atoms with Gasteiger partial charge in [0.1, 0.15) is 5.60 Å². The van der Waals surface area contributed by atoms with Crippen LogP contribution in [-0.4, -0.2) is 73.9 Å². The molecule has 7 nitrogen and oxygen atoms in total. The molecular formula is C21H31BN2O5. The van der Waals surface area contributed by atoms with Crippen LogP contribution in [0.5, 0.6) is 0 Å². The molecule has 0 atom stereocenters. The number of carbonyl (C=O) groups excluding carboxylic acids is 2. The van der Waals surface area contributed by atoms with Crippen molar-refractivity contribution in [1.29, 1.82) is 0 Å². The van der Waals surface area contributed by atoms with E-state index < -0.39 is 5.60 Å². The first kappa shape index (κ1) is 21.6. The molecule has 29 heavy (non-hydrogen) atoms. The van der Waals surface area contributed by atoms with Gasteiger partial charge < -0.3 is 23.8 Å². The van der Waals surface area contributed by atoms with Crippen LogP contribution in [0, 0.1) is 5.41 Å². The average Bonchev–Trinajstić information content (AvgIpc) is 2.66. The number of hydrogen-bond acceptors (Lipinski definition) is 5. The maximum atomic E-state index is 12.8. The molecule has 2 heterocycles. The molecule has 2 saturated heterocycles. The van der Waals surface area contributed by atoms with E-state index in [0.717, 1.165) is 5.46 Å². The number of rotatable bonds is 2. The van der Waals surface area contributed by atoms with Crippen LogP contribution < -0.4 is 5.46 Å². The highest BCUT2D eigenvalue weighted by molar-refractivity contribution is 6.61. The minimum absolute atomic E-state index is 0.0217. The zero-order valence-electron chi connectivity index (χ0n) is 18.1. The topological polar surface area (TPSA) is 68.3 Å². The number of ether oxygens (including phenoxy) is 1. The van der Waals surface area contributed by atoms with E-state index in [1.807, 2.05) is 45.0 Å². The fraction of sp³-hybridized carbons (Fsp3) is 0.619. The minimum Gasteiger partial charge on any atom is -0.444 e. The summed E-state index contributed by atoms with van der Waals surface area (Å²) in [5.74, 6) is -0.0352. The van der Waals surface area contributed by atoms with E-state index in [0.29, 0.717) is 45.0 Å². The molecule has 3 rings (SSSR count). The lowest BCUT2D eigenvalue weighted by Gasteiger charge is -2.35. The molecule has 8 heteroatoms.